The Labute approximate surface area is 153 Å². The summed E-state index contributed by atoms with van der Waals surface area (Å²) in [5.41, 5.74) is 2.57. The van der Waals surface area contributed by atoms with E-state index in [1.807, 2.05) is 36.1 Å². The molecule has 1 aliphatic heterocycles. The Morgan fingerprint density at radius 2 is 1.88 bits per heavy atom. The number of nitrogens with zero attached hydrogens (tertiary/aromatic N) is 2. The molecule has 1 fully saturated rings. The van der Waals surface area contributed by atoms with E-state index < -0.39 is 0 Å². The van der Waals surface area contributed by atoms with Crippen molar-refractivity contribution in [3.8, 4) is 0 Å². The van der Waals surface area contributed by atoms with Gasteiger partial charge in [0.1, 0.15) is 0 Å². The molecule has 0 spiro atoms. The summed E-state index contributed by atoms with van der Waals surface area (Å²) in [4.78, 5) is 30.3. The van der Waals surface area contributed by atoms with Gasteiger partial charge in [0.25, 0.3) is 5.91 Å². The molecule has 0 bridgehead atoms. The van der Waals surface area contributed by atoms with Crippen LogP contribution in [0, 0.1) is 12.8 Å². The molecule has 136 valence electrons. The van der Waals surface area contributed by atoms with Crippen molar-refractivity contribution < 1.29 is 9.59 Å². The molecule has 1 aromatic carbocycles. The summed E-state index contributed by atoms with van der Waals surface area (Å²) in [5, 5.41) is 5.78. The number of amides is 3. The summed E-state index contributed by atoms with van der Waals surface area (Å²) in [5.74, 6) is 0.441. The molecule has 0 atom stereocenters. The van der Waals surface area contributed by atoms with Crippen molar-refractivity contribution in [2.24, 2.45) is 5.92 Å². The fourth-order valence-corrected chi connectivity index (χ4v) is 3.15. The number of anilines is 1. The van der Waals surface area contributed by atoms with Crippen molar-refractivity contribution in [3.05, 3.63) is 59.9 Å². The van der Waals surface area contributed by atoms with Crippen LogP contribution >= 0.6 is 0 Å². The molecule has 26 heavy (non-hydrogen) atoms. The minimum atomic E-state index is -0.189. The molecule has 6 heteroatoms. The normalized spacial score (nSPS) is 14.7. The maximum absolute atomic E-state index is 12.4. The number of likely N-dealkylation sites (tertiary alicyclic amines) is 1. The fourth-order valence-electron chi connectivity index (χ4n) is 3.15. The molecule has 0 saturated carbocycles. The number of carbonyl (C=O) groups is 2. The average molecular weight is 352 g/mol. The van der Waals surface area contributed by atoms with Gasteiger partial charge in [0.15, 0.2) is 0 Å². The number of hydrogen-bond donors (Lipinski definition) is 2. The van der Waals surface area contributed by atoms with Crippen LogP contribution in [0.2, 0.25) is 0 Å². The number of aromatic nitrogens is 1. The van der Waals surface area contributed by atoms with Crippen LogP contribution in [0.1, 0.15) is 28.8 Å². The van der Waals surface area contributed by atoms with E-state index in [2.05, 4.69) is 15.6 Å². The monoisotopic (exact) mass is 352 g/mol. The van der Waals surface area contributed by atoms with E-state index in [0.717, 1.165) is 24.1 Å². The first-order chi connectivity index (χ1) is 12.6. The first-order valence-electron chi connectivity index (χ1n) is 8.92. The maximum atomic E-state index is 12.4. The molecular formula is C20H24N4O2. The fraction of sp³-hybridized carbons (Fsp3) is 0.350. The molecule has 0 unspecified atom stereocenters. The Hall–Kier alpha value is -2.89. The second-order valence-corrected chi connectivity index (χ2v) is 6.68. The smallest absolute Gasteiger partial charge is 0.319 e. The van der Waals surface area contributed by atoms with Gasteiger partial charge in [-0.25, -0.2) is 4.79 Å². The molecule has 6 nitrogen and oxygen atoms in total. The molecule has 2 N–H and O–H groups in total. The van der Waals surface area contributed by atoms with Gasteiger partial charge in [-0.3, -0.25) is 9.78 Å². The number of benzene rings is 1. The van der Waals surface area contributed by atoms with E-state index >= 15 is 0 Å². The third-order valence-corrected chi connectivity index (χ3v) is 4.66. The van der Waals surface area contributed by atoms with E-state index in [-0.39, 0.29) is 11.9 Å². The highest BCUT2D eigenvalue weighted by atomic mass is 16.2. The Morgan fingerprint density at radius 3 is 2.58 bits per heavy atom. The van der Waals surface area contributed by atoms with E-state index in [1.54, 1.807) is 24.5 Å². The van der Waals surface area contributed by atoms with Crippen molar-refractivity contribution in [1.82, 2.24) is 15.2 Å². The van der Waals surface area contributed by atoms with Crippen LogP contribution < -0.4 is 10.6 Å². The third-order valence-electron chi connectivity index (χ3n) is 4.66. The standard InChI is InChI=1S/C20H24N4O2/c1-15-3-2-4-18(13-15)23-20(26)22-14-16-7-11-24(12-8-16)19(25)17-5-9-21-10-6-17/h2-6,9-10,13,16H,7-8,11-12,14H2,1H3,(H2,22,23,26). The number of carbonyl (C=O) groups excluding carboxylic acids is 2. The first kappa shape index (κ1) is 17.9. The Morgan fingerprint density at radius 1 is 1.15 bits per heavy atom. The molecule has 0 radical (unpaired) electrons. The molecule has 0 aliphatic carbocycles. The van der Waals surface area contributed by atoms with E-state index in [0.29, 0.717) is 31.1 Å². The number of pyridine rings is 1. The van der Waals surface area contributed by atoms with Gasteiger partial charge in [0.2, 0.25) is 0 Å². The van der Waals surface area contributed by atoms with Crippen molar-refractivity contribution in [3.63, 3.8) is 0 Å². The van der Waals surface area contributed by atoms with Crippen LogP contribution in [-0.4, -0.2) is 41.5 Å². The van der Waals surface area contributed by atoms with Crippen LogP contribution in [0.25, 0.3) is 0 Å². The average Bonchev–Trinajstić information content (AvgIpc) is 2.67. The van der Waals surface area contributed by atoms with E-state index in [4.69, 9.17) is 0 Å². The summed E-state index contributed by atoms with van der Waals surface area (Å²) >= 11 is 0. The molecule has 3 rings (SSSR count). The number of urea groups is 1. The highest BCUT2D eigenvalue weighted by molar-refractivity contribution is 5.94. The number of aryl methyl sites for hydroxylation is 1. The van der Waals surface area contributed by atoms with Gasteiger partial charge >= 0.3 is 6.03 Å². The van der Waals surface area contributed by atoms with Gasteiger partial charge in [-0.2, -0.15) is 0 Å². The van der Waals surface area contributed by atoms with E-state index in [1.165, 1.54) is 0 Å². The van der Waals surface area contributed by atoms with Crippen LogP contribution in [0.3, 0.4) is 0 Å². The van der Waals surface area contributed by atoms with Crippen molar-refractivity contribution in [1.29, 1.82) is 0 Å². The molecule has 1 aromatic heterocycles. The molecule has 3 amide bonds. The minimum Gasteiger partial charge on any atom is -0.339 e. The van der Waals surface area contributed by atoms with Crippen molar-refractivity contribution in [2.45, 2.75) is 19.8 Å². The second-order valence-electron chi connectivity index (χ2n) is 6.68. The SMILES string of the molecule is Cc1cccc(NC(=O)NCC2CCN(C(=O)c3ccncc3)CC2)c1. The zero-order valence-electron chi connectivity index (χ0n) is 14.9. The summed E-state index contributed by atoms with van der Waals surface area (Å²) in [7, 11) is 0. The molecular weight excluding hydrogens is 328 g/mol. The molecule has 1 saturated heterocycles. The quantitative estimate of drug-likeness (QED) is 0.888. The number of nitrogens with one attached hydrogen (secondary N) is 2. The summed E-state index contributed by atoms with van der Waals surface area (Å²) in [6, 6.07) is 11.0. The summed E-state index contributed by atoms with van der Waals surface area (Å²) in [6.07, 6.45) is 5.05. The summed E-state index contributed by atoms with van der Waals surface area (Å²) in [6.45, 7) is 4.04. The lowest BCUT2D eigenvalue weighted by Gasteiger charge is -2.32. The zero-order chi connectivity index (χ0) is 18.4. The topological polar surface area (TPSA) is 74.3 Å². The minimum absolute atomic E-state index is 0.0519. The van der Waals surface area contributed by atoms with Crippen molar-refractivity contribution >= 4 is 17.6 Å². The number of piperidine rings is 1. The second kappa shape index (κ2) is 8.47. The third kappa shape index (κ3) is 4.81. The van der Waals surface area contributed by atoms with Gasteiger partial charge in [-0.1, -0.05) is 12.1 Å². The van der Waals surface area contributed by atoms with Gasteiger partial charge in [0.05, 0.1) is 0 Å². The maximum Gasteiger partial charge on any atom is 0.319 e. The van der Waals surface area contributed by atoms with Gasteiger partial charge in [-0.05, 0) is 55.5 Å². The van der Waals surface area contributed by atoms with Gasteiger partial charge in [-0.15, -0.1) is 0 Å². The van der Waals surface area contributed by atoms with Crippen LogP contribution in [-0.2, 0) is 0 Å². The lowest BCUT2D eigenvalue weighted by atomic mass is 9.96. The Balaban J connectivity index is 1.41. The lowest BCUT2D eigenvalue weighted by molar-refractivity contribution is 0.0690. The molecule has 2 aromatic rings. The Kier molecular flexibility index (Phi) is 5.84. The van der Waals surface area contributed by atoms with Gasteiger partial charge < -0.3 is 15.5 Å². The highest BCUT2D eigenvalue weighted by Gasteiger charge is 2.23. The molecule has 2 heterocycles. The van der Waals surface area contributed by atoms with Gasteiger partial charge in [0, 0.05) is 43.3 Å². The van der Waals surface area contributed by atoms with Crippen LogP contribution in [0.15, 0.2) is 48.8 Å². The predicted octanol–water partition coefficient (Wildman–Crippen LogP) is 3.06. The highest BCUT2D eigenvalue weighted by Crippen LogP contribution is 2.18. The Bertz CT molecular complexity index is 755. The van der Waals surface area contributed by atoms with Crippen molar-refractivity contribution in [2.75, 3.05) is 25.0 Å². The lowest BCUT2D eigenvalue weighted by Crippen LogP contribution is -2.42. The molecule has 1 aliphatic rings. The van der Waals surface area contributed by atoms with Crippen LogP contribution in [0.4, 0.5) is 10.5 Å². The van der Waals surface area contributed by atoms with Crippen LogP contribution in [0.5, 0.6) is 0 Å². The largest absolute Gasteiger partial charge is 0.339 e. The summed E-state index contributed by atoms with van der Waals surface area (Å²) < 4.78 is 0. The number of hydrogen-bond acceptors (Lipinski definition) is 3. The predicted molar refractivity (Wildman–Crippen MR) is 101 cm³/mol. The first-order valence-corrected chi connectivity index (χ1v) is 8.92. The van der Waals surface area contributed by atoms with E-state index in [9.17, 15) is 9.59 Å². The zero-order valence-corrected chi connectivity index (χ0v) is 14.9. The number of rotatable bonds is 4.